The maximum atomic E-state index is 2.36. The minimum atomic E-state index is 0.785. The molecule has 2 aromatic rings. The van der Waals surface area contributed by atoms with E-state index in [0.29, 0.717) is 0 Å². The molecule has 0 amide bonds. The molecule has 0 unspecified atom stereocenters. The number of rotatable bonds is 1. The summed E-state index contributed by atoms with van der Waals surface area (Å²) in [5, 5.41) is 0. The average Bonchev–Trinajstić information content (AvgIpc) is 2.42. The third-order valence-corrected chi connectivity index (χ3v) is 3.76. The zero-order valence-corrected chi connectivity index (χ0v) is 9.40. The van der Waals surface area contributed by atoms with Crippen LogP contribution in [-0.4, -0.2) is 4.57 Å². The summed E-state index contributed by atoms with van der Waals surface area (Å²) in [4.78, 5) is 0. The third kappa shape index (κ3) is 1.14. The smallest absolute Gasteiger partial charge is 0.230 e. The van der Waals surface area contributed by atoms with Crippen molar-refractivity contribution in [3.8, 4) is 0 Å². The summed E-state index contributed by atoms with van der Waals surface area (Å²) in [6.07, 6.45) is 4.11. The molecular formula is C13H17N2+. The molecule has 0 radical (unpaired) electrons. The zero-order valence-electron chi connectivity index (χ0n) is 9.40. The SMILES string of the molecule is Cn1c(C2CCC2)[n+](C)c2ccccc21. The van der Waals surface area contributed by atoms with Gasteiger partial charge >= 0.3 is 0 Å². The number of hydrogen-bond acceptors (Lipinski definition) is 0. The topological polar surface area (TPSA) is 8.81 Å². The molecule has 2 heteroatoms. The first kappa shape index (κ1) is 8.96. The molecule has 1 heterocycles. The summed E-state index contributed by atoms with van der Waals surface area (Å²) < 4.78 is 4.72. The Morgan fingerprint density at radius 1 is 1.27 bits per heavy atom. The van der Waals surface area contributed by atoms with Crippen molar-refractivity contribution in [2.24, 2.45) is 14.1 Å². The van der Waals surface area contributed by atoms with Crippen LogP contribution in [0, 0.1) is 0 Å². The number of hydrogen-bond donors (Lipinski definition) is 0. The molecule has 2 nitrogen and oxygen atoms in total. The molecule has 1 aliphatic rings. The van der Waals surface area contributed by atoms with E-state index in [1.165, 1.54) is 36.1 Å². The molecule has 1 aromatic heterocycles. The van der Waals surface area contributed by atoms with Gasteiger partial charge < -0.3 is 0 Å². The number of fused-ring (bicyclic) bond motifs is 1. The Kier molecular flexibility index (Phi) is 1.84. The van der Waals surface area contributed by atoms with Crippen LogP contribution < -0.4 is 4.57 Å². The number of benzene rings is 1. The van der Waals surface area contributed by atoms with E-state index >= 15 is 0 Å². The summed E-state index contributed by atoms with van der Waals surface area (Å²) in [6.45, 7) is 0. The fourth-order valence-electron chi connectivity index (χ4n) is 2.72. The summed E-state index contributed by atoms with van der Waals surface area (Å²) in [5.41, 5.74) is 2.70. The van der Waals surface area contributed by atoms with E-state index in [9.17, 15) is 0 Å². The zero-order chi connectivity index (χ0) is 10.4. The van der Waals surface area contributed by atoms with E-state index in [2.05, 4.69) is 47.5 Å². The Morgan fingerprint density at radius 2 is 2.00 bits per heavy atom. The molecule has 0 saturated heterocycles. The first-order valence-electron chi connectivity index (χ1n) is 5.72. The molecule has 0 spiro atoms. The van der Waals surface area contributed by atoms with Gasteiger partial charge in [0.05, 0.1) is 20.0 Å². The van der Waals surface area contributed by atoms with E-state index < -0.39 is 0 Å². The maximum absolute atomic E-state index is 2.36. The second-order valence-corrected chi connectivity index (χ2v) is 4.59. The van der Waals surface area contributed by atoms with Crippen LogP contribution in [0.25, 0.3) is 11.0 Å². The number of aromatic nitrogens is 2. The lowest BCUT2D eigenvalue weighted by Gasteiger charge is -2.22. The van der Waals surface area contributed by atoms with Crippen molar-refractivity contribution >= 4 is 11.0 Å². The molecule has 0 N–H and O–H groups in total. The Bertz CT molecular complexity index is 467. The van der Waals surface area contributed by atoms with Crippen molar-refractivity contribution < 1.29 is 4.57 Å². The standard InChI is InChI=1S/C13H17N2/c1-14-11-8-3-4-9-12(11)15(2)13(14)10-6-5-7-10/h3-4,8-10H,5-7H2,1-2H3/q+1. The molecule has 0 bridgehead atoms. The highest BCUT2D eigenvalue weighted by molar-refractivity contribution is 5.72. The first-order chi connectivity index (χ1) is 7.29. The highest BCUT2D eigenvalue weighted by atomic mass is 15.1. The van der Waals surface area contributed by atoms with Gasteiger partial charge in [0.1, 0.15) is 0 Å². The van der Waals surface area contributed by atoms with Crippen LogP contribution in [-0.2, 0) is 14.1 Å². The highest BCUT2D eigenvalue weighted by Gasteiger charge is 2.32. The number of aryl methyl sites for hydroxylation is 2. The lowest BCUT2D eigenvalue weighted by molar-refractivity contribution is -0.656. The van der Waals surface area contributed by atoms with Crippen molar-refractivity contribution in [2.75, 3.05) is 0 Å². The fourth-order valence-corrected chi connectivity index (χ4v) is 2.72. The van der Waals surface area contributed by atoms with Crippen LogP contribution >= 0.6 is 0 Å². The van der Waals surface area contributed by atoms with Crippen molar-refractivity contribution in [1.29, 1.82) is 0 Å². The summed E-state index contributed by atoms with van der Waals surface area (Å²) >= 11 is 0. The molecule has 15 heavy (non-hydrogen) atoms. The maximum Gasteiger partial charge on any atom is 0.260 e. The van der Waals surface area contributed by atoms with Crippen molar-refractivity contribution in [3.63, 3.8) is 0 Å². The van der Waals surface area contributed by atoms with Crippen molar-refractivity contribution in [3.05, 3.63) is 30.1 Å². The van der Waals surface area contributed by atoms with Gasteiger partial charge in [-0.05, 0) is 25.0 Å². The second-order valence-electron chi connectivity index (χ2n) is 4.59. The van der Waals surface area contributed by atoms with Crippen LogP contribution in [0.4, 0.5) is 0 Å². The van der Waals surface area contributed by atoms with Crippen molar-refractivity contribution in [2.45, 2.75) is 25.2 Å². The van der Waals surface area contributed by atoms with E-state index in [1.807, 2.05) is 0 Å². The van der Waals surface area contributed by atoms with Crippen molar-refractivity contribution in [1.82, 2.24) is 4.57 Å². The molecule has 0 atom stereocenters. The van der Waals surface area contributed by atoms with Gasteiger partial charge in [-0.1, -0.05) is 18.6 Å². The van der Waals surface area contributed by atoms with Crippen LogP contribution in [0.1, 0.15) is 31.0 Å². The molecule has 3 rings (SSSR count). The quantitative estimate of drug-likeness (QED) is 0.626. The van der Waals surface area contributed by atoms with Gasteiger partial charge in [0.15, 0.2) is 11.0 Å². The van der Waals surface area contributed by atoms with Crippen LogP contribution in [0.3, 0.4) is 0 Å². The average molecular weight is 201 g/mol. The Morgan fingerprint density at radius 3 is 2.60 bits per heavy atom. The van der Waals surface area contributed by atoms with E-state index in [0.717, 1.165) is 5.92 Å². The lowest BCUT2D eigenvalue weighted by Crippen LogP contribution is -2.36. The predicted molar refractivity (Wildman–Crippen MR) is 60.7 cm³/mol. The highest BCUT2D eigenvalue weighted by Crippen LogP contribution is 2.35. The van der Waals surface area contributed by atoms with E-state index in [1.54, 1.807) is 0 Å². The molecule has 1 fully saturated rings. The fraction of sp³-hybridized carbons (Fsp3) is 0.462. The van der Waals surface area contributed by atoms with Gasteiger partial charge in [-0.25, -0.2) is 9.13 Å². The minimum absolute atomic E-state index is 0.785. The van der Waals surface area contributed by atoms with E-state index in [-0.39, 0.29) is 0 Å². The van der Waals surface area contributed by atoms with Gasteiger partial charge in [-0.3, -0.25) is 0 Å². The van der Waals surface area contributed by atoms with Gasteiger partial charge in [-0.2, -0.15) is 0 Å². The Hall–Kier alpha value is -1.31. The monoisotopic (exact) mass is 201 g/mol. The Balaban J connectivity index is 2.28. The molecule has 1 aliphatic carbocycles. The normalized spacial score (nSPS) is 16.9. The predicted octanol–water partition coefficient (Wildman–Crippen LogP) is 2.27. The van der Waals surface area contributed by atoms with Gasteiger partial charge in [-0.15, -0.1) is 0 Å². The largest absolute Gasteiger partial charge is 0.260 e. The number of imidazole rings is 1. The molecule has 78 valence electrons. The van der Waals surface area contributed by atoms with Crippen LogP contribution in [0.15, 0.2) is 24.3 Å². The van der Waals surface area contributed by atoms with Crippen LogP contribution in [0.2, 0.25) is 0 Å². The van der Waals surface area contributed by atoms with Crippen LogP contribution in [0.5, 0.6) is 0 Å². The second kappa shape index (κ2) is 3.09. The summed E-state index contributed by atoms with van der Waals surface area (Å²) in [5.74, 6) is 2.27. The molecule has 0 aliphatic heterocycles. The summed E-state index contributed by atoms with van der Waals surface area (Å²) in [6, 6.07) is 8.65. The lowest BCUT2D eigenvalue weighted by atomic mass is 9.84. The minimum Gasteiger partial charge on any atom is -0.230 e. The molecule has 1 saturated carbocycles. The summed E-state index contributed by atoms with van der Waals surface area (Å²) in [7, 11) is 4.38. The van der Waals surface area contributed by atoms with E-state index in [4.69, 9.17) is 0 Å². The third-order valence-electron chi connectivity index (χ3n) is 3.76. The van der Waals surface area contributed by atoms with Gasteiger partial charge in [0.2, 0.25) is 0 Å². The number of nitrogens with zero attached hydrogens (tertiary/aromatic N) is 2. The first-order valence-corrected chi connectivity index (χ1v) is 5.72. The Labute approximate surface area is 90.1 Å². The van der Waals surface area contributed by atoms with Gasteiger partial charge in [0, 0.05) is 0 Å². The van der Waals surface area contributed by atoms with Gasteiger partial charge in [0.25, 0.3) is 5.82 Å². The molecule has 1 aromatic carbocycles. The molecular weight excluding hydrogens is 184 g/mol. The number of para-hydroxylation sites is 2.